The van der Waals surface area contributed by atoms with E-state index in [1.807, 2.05) is 6.92 Å². The van der Waals surface area contributed by atoms with Crippen molar-refractivity contribution in [1.29, 1.82) is 0 Å². The Morgan fingerprint density at radius 2 is 2.00 bits per heavy atom. The molecule has 0 fully saturated rings. The molecule has 0 aliphatic carbocycles. The van der Waals surface area contributed by atoms with Crippen molar-refractivity contribution in [3.05, 3.63) is 24.3 Å². The smallest absolute Gasteiger partial charge is 0.385 e. The zero-order valence-corrected chi connectivity index (χ0v) is 8.54. The van der Waals surface area contributed by atoms with Gasteiger partial charge in [0.15, 0.2) is 0 Å². The summed E-state index contributed by atoms with van der Waals surface area (Å²) < 4.78 is 26.1. The molecule has 1 atom stereocenters. The van der Waals surface area contributed by atoms with Crippen LogP contribution in [0.5, 0.6) is 0 Å². The minimum Gasteiger partial charge on any atom is -0.385 e. The fraction of sp³-hybridized carbons (Fsp3) is 0.250. The largest absolute Gasteiger partial charge is 0.447 e. The molecule has 0 saturated carbocycles. The average molecular weight is 216 g/mol. The van der Waals surface area contributed by atoms with Gasteiger partial charge in [-0.1, -0.05) is 0 Å². The second-order valence-corrected chi connectivity index (χ2v) is 4.18. The quantitative estimate of drug-likeness (QED) is 0.583. The summed E-state index contributed by atoms with van der Waals surface area (Å²) in [6.07, 6.45) is 0. The van der Waals surface area contributed by atoms with Crippen molar-refractivity contribution >= 4 is 16.2 Å². The van der Waals surface area contributed by atoms with Crippen LogP contribution in [0.4, 0.5) is 5.69 Å². The molecule has 6 heteroatoms. The molecule has 3 N–H and O–H groups in total. The van der Waals surface area contributed by atoms with Crippen molar-refractivity contribution in [3.8, 4) is 0 Å². The highest BCUT2D eigenvalue weighted by Crippen LogP contribution is 2.19. The molecule has 77 valence electrons. The van der Waals surface area contributed by atoms with Crippen LogP contribution in [0.25, 0.3) is 0 Å². The zero-order chi connectivity index (χ0) is 10.6. The van der Waals surface area contributed by atoms with Crippen LogP contribution < -0.4 is 11.2 Å². The van der Waals surface area contributed by atoms with Crippen molar-refractivity contribution < 1.29 is 13.0 Å². The molecule has 5 nitrogen and oxygen atoms in total. The van der Waals surface area contributed by atoms with E-state index in [4.69, 9.17) is 0 Å². The van der Waals surface area contributed by atoms with E-state index >= 15 is 0 Å². The zero-order valence-electron chi connectivity index (χ0n) is 7.73. The summed E-state index contributed by atoms with van der Waals surface area (Å²) in [6.45, 7) is 2.73. The first-order valence-corrected chi connectivity index (χ1v) is 5.48. The molecule has 0 aliphatic heterocycles. The number of hydrogen-bond acceptors (Lipinski definition) is 4. The number of rotatable bonds is 4. The molecule has 0 heterocycles. The van der Waals surface area contributed by atoms with Crippen LogP contribution in [0.1, 0.15) is 6.92 Å². The van der Waals surface area contributed by atoms with E-state index in [0.717, 1.165) is 12.2 Å². The summed E-state index contributed by atoms with van der Waals surface area (Å²) in [7, 11) is -3.78. The highest BCUT2D eigenvalue weighted by atomic mass is 32.3. The minimum absolute atomic E-state index is 0.0432. The minimum atomic E-state index is -3.78. The molecule has 0 saturated heterocycles. The van der Waals surface area contributed by atoms with E-state index in [9.17, 15) is 8.76 Å². The molecule has 0 aliphatic rings. The SMILES string of the molecule is CCNc1ccc([S+]([O])(=O)ON)cc1. The Morgan fingerprint density at radius 1 is 1.43 bits per heavy atom. The first kappa shape index (κ1) is 11.1. The van der Waals surface area contributed by atoms with E-state index in [1.54, 1.807) is 12.1 Å². The predicted molar refractivity (Wildman–Crippen MR) is 52.9 cm³/mol. The molecule has 1 radical (unpaired) electrons. The molecular formula is C8H12N2O3S+. The standard InChI is InChI=1S/C8H12N2O3S/c1-2-10-7-3-5-8(6-4-7)14(11,12)13-9/h3-6,10H,2,9H2,1H3/q+1. The first-order chi connectivity index (χ1) is 6.60. The number of nitrogens with two attached hydrogens (primary N) is 1. The Hall–Kier alpha value is -0.950. The first-order valence-electron chi connectivity index (χ1n) is 4.07. The topological polar surface area (TPSA) is 84.2 Å². The molecule has 0 aromatic heterocycles. The lowest BCUT2D eigenvalue weighted by Gasteiger charge is -2.02. The lowest BCUT2D eigenvalue weighted by molar-refractivity contribution is 0.261. The third-order valence-corrected chi connectivity index (χ3v) is 2.75. The molecular weight excluding hydrogens is 204 g/mol. The van der Waals surface area contributed by atoms with Crippen LogP contribution in [-0.4, -0.2) is 6.54 Å². The van der Waals surface area contributed by atoms with Gasteiger partial charge in [-0.3, -0.25) is 0 Å². The highest BCUT2D eigenvalue weighted by Gasteiger charge is 2.33. The fourth-order valence-corrected chi connectivity index (χ4v) is 1.58. The Labute approximate surface area is 83.7 Å². The Morgan fingerprint density at radius 3 is 2.43 bits per heavy atom. The Bertz CT molecular complexity index is 339. The summed E-state index contributed by atoms with van der Waals surface area (Å²) >= 11 is 0. The van der Waals surface area contributed by atoms with Gasteiger partial charge in [-0.05, 0) is 27.5 Å². The molecule has 1 aromatic carbocycles. The van der Waals surface area contributed by atoms with E-state index in [2.05, 4.69) is 15.5 Å². The van der Waals surface area contributed by atoms with Crippen molar-refractivity contribution in [2.45, 2.75) is 11.8 Å². The molecule has 1 unspecified atom stereocenters. The van der Waals surface area contributed by atoms with Gasteiger partial charge in [-0.2, -0.15) is 5.90 Å². The van der Waals surface area contributed by atoms with Gasteiger partial charge < -0.3 is 5.32 Å². The number of nitrogens with one attached hydrogen (secondary N) is 1. The van der Waals surface area contributed by atoms with Gasteiger partial charge in [0, 0.05) is 24.4 Å². The van der Waals surface area contributed by atoms with Gasteiger partial charge in [0.2, 0.25) is 4.90 Å². The van der Waals surface area contributed by atoms with Crippen molar-refractivity contribution in [3.63, 3.8) is 0 Å². The van der Waals surface area contributed by atoms with Gasteiger partial charge in [-0.15, -0.1) is 0 Å². The monoisotopic (exact) mass is 216 g/mol. The Balaban J connectivity index is 2.88. The summed E-state index contributed by atoms with van der Waals surface area (Å²) in [5, 5.41) is 3.04. The summed E-state index contributed by atoms with van der Waals surface area (Å²) in [5.74, 6) is 4.63. The number of hydrogen-bond donors (Lipinski definition) is 2. The molecule has 1 aromatic rings. The van der Waals surface area contributed by atoms with Crippen molar-refractivity contribution in [2.75, 3.05) is 11.9 Å². The van der Waals surface area contributed by atoms with Crippen LogP contribution in [0, 0.1) is 0 Å². The van der Waals surface area contributed by atoms with E-state index in [-0.39, 0.29) is 4.90 Å². The lowest BCUT2D eigenvalue weighted by Crippen LogP contribution is -2.16. The summed E-state index contributed by atoms with van der Waals surface area (Å²) in [6, 6.07) is 6.16. The highest BCUT2D eigenvalue weighted by molar-refractivity contribution is 7.92. The van der Waals surface area contributed by atoms with Crippen LogP contribution in [0.15, 0.2) is 29.2 Å². The number of benzene rings is 1. The van der Waals surface area contributed by atoms with E-state index in [1.165, 1.54) is 12.1 Å². The van der Waals surface area contributed by atoms with Crippen LogP contribution in [-0.2, 0) is 23.5 Å². The van der Waals surface area contributed by atoms with E-state index in [0.29, 0.717) is 0 Å². The van der Waals surface area contributed by atoms with Gasteiger partial charge in [-0.25, -0.2) is 0 Å². The molecule has 0 bridgehead atoms. The average Bonchev–Trinajstić information content (AvgIpc) is 2.19. The molecule has 1 rings (SSSR count). The van der Waals surface area contributed by atoms with Crippen LogP contribution >= 0.6 is 0 Å². The van der Waals surface area contributed by atoms with Crippen molar-refractivity contribution in [1.82, 2.24) is 0 Å². The summed E-state index contributed by atoms with van der Waals surface area (Å²) in [4.78, 5) is 0.0432. The molecule has 0 amide bonds. The maximum atomic E-state index is 11.1. The second kappa shape index (κ2) is 4.52. The third-order valence-electron chi connectivity index (χ3n) is 1.65. The summed E-state index contributed by atoms with van der Waals surface area (Å²) in [5.41, 5.74) is 0.850. The number of anilines is 1. The molecule has 14 heavy (non-hydrogen) atoms. The predicted octanol–water partition coefficient (Wildman–Crippen LogP) is 1.13. The second-order valence-electron chi connectivity index (χ2n) is 2.61. The van der Waals surface area contributed by atoms with Crippen LogP contribution in [0.2, 0.25) is 0 Å². The van der Waals surface area contributed by atoms with Gasteiger partial charge in [0.1, 0.15) is 0 Å². The molecule has 0 spiro atoms. The third kappa shape index (κ3) is 2.52. The fourth-order valence-electron chi connectivity index (χ4n) is 0.999. The van der Waals surface area contributed by atoms with Crippen LogP contribution in [0.3, 0.4) is 0 Å². The lowest BCUT2D eigenvalue weighted by atomic mass is 10.3. The maximum Gasteiger partial charge on any atom is 0.447 e. The Kier molecular flexibility index (Phi) is 3.59. The van der Waals surface area contributed by atoms with Gasteiger partial charge in [0.05, 0.1) is 4.55 Å². The van der Waals surface area contributed by atoms with Crippen molar-refractivity contribution in [2.24, 2.45) is 5.90 Å². The van der Waals surface area contributed by atoms with Gasteiger partial charge >= 0.3 is 10.5 Å². The van der Waals surface area contributed by atoms with Gasteiger partial charge in [0.25, 0.3) is 0 Å². The van der Waals surface area contributed by atoms with E-state index < -0.39 is 10.5 Å². The maximum absolute atomic E-state index is 11.1. The normalized spacial score (nSPS) is 14.8.